The third-order valence-electron chi connectivity index (χ3n) is 6.77. The fraction of sp³-hybridized carbons (Fsp3) is 0.407. The zero-order chi connectivity index (χ0) is 23.5. The van der Waals surface area contributed by atoms with Gasteiger partial charge in [0.2, 0.25) is 0 Å². The summed E-state index contributed by atoms with van der Waals surface area (Å²) in [5, 5.41) is 0. The Kier molecular flexibility index (Phi) is 6.82. The fourth-order valence-electron chi connectivity index (χ4n) is 4.71. The Morgan fingerprint density at radius 1 is 0.848 bits per heavy atom. The molecule has 2 heterocycles. The second-order valence-electron chi connectivity index (χ2n) is 8.89. The van der Waals surface area contributed by atoms with E-state index in [0.717, 1.165) is 32.4 Å². The van der Waals surface area contributed by atoms with Gasteiger partial charge in [-0.05, 0) is 55.2 Å². The molecule has 2 aliphatic heterocycles. The van der Waals surface area contributed by atoms with E-state index < -0.39 is 0 Å². The van der Waals surface area contributed by atoms with Crippen LogP contribution in [0.15, 0.2) is 48.2 Å². The molecule has 0 aliphatic carbocycles. The van der Waals surface area contributed by atoms with Crippen LogP contribution < -0.4 is 4.90 Å². The van der Waals surface area contributed by atoms with E-state index >= 15 is 0 Å². The van der Waals surface area contributed by atoms with Crippen molar-refractivity contribution in [2.45, 2.75) is 40.0 Å². The molecule has 1 saturated heterocycles. The van der Waals surface area contributed by atoms with Crippen molar-refractivity contribution in [3.63, 3.8) is 0 Å². The van der Waals surface area contributed by atoms with Crippen LogP contribution >= 0.6 is 0 Å². The zero-order valence-corrected chi connectivity index (χ0v) is 19.7. The summed E-state index contributed by atoms with van der Waals surface area (Å²) in [6.07, 6.45) is 2.77. The minimum atomic E-state index is -0.361. The first-order chi connectivity index (χ1) is 15.9. The number of piperazine rings is 1. The molecule has 5 nitrogen and oxygen atoms in total. The summed E-state index contributed by atoms with van der Waals surface area (Å²) >= 11 is 0. The molecule has 4 rings (SSSR count). The van der Waals surface area contributed by atoms with E-state index in [1.807, 2.05) is 4.90 Å². The number of aryl methyl sites for hydroxylation is 1. The number of carbonyl (C=O) groups is 2. The molecule has 2 amide bonds. The third kappa shape index (κ3) is 4.52. The van der Waals surface area contributed by atoms with Crippen molar-refractivity contribution in [3.05, 3.63) is 70.7 Å². The van der Waals surface area contributed by atoms with Gasteiger partial charge >= 0.3 is 0 Å². The smallest absolute Gasteiger partial charge is 0.277 e. The molecule has 2 aromatic rings. The van der Waals surface area contributed by atoms with Crippen molar-refractivity contribution in [1.82, 2.24) is 9.80 Å². The van der Waals surface area contributed by atoms with Crippen LogP contribution in [0.25, 0.3) is 5.57 Å². The van der Waals surface area contributed by atoms with E-state index in [2.05, 4.69) is 43.9 Å². The van der Waals surface area contributed by atoms with Crippen LogP contribution in [0.3, 0.4) is 0 Å². The number of benzene rings is 2. The Balaban J connectivity index is 1.61. The highest BCUT2D eigenvalue weighted by Gasteiger charge is 2.41. The summed E-state index contributed by atoms with van der Waals surface area (Å²) < 4.78 is 13.6. The van der Waals surface area contributed by atoms with Gasteiger partial charge in [0.15, 0.2) is 0 Å². The fourth-order valence-corrected chi connectivity index (χ4v) is 4.71. The summed E-state index contributed by atoms with van der Waals surface area (Å²) in [7, 11) is 0. The highest BCUT2D eigenvalue weighted by molar-refractivity contribution is 6.35. The molecular formula is C27H32FN3O2. The number of amides is 2. The molecule has 0 aromatic heterocycles. The first-order valence-electron chi connectivity index (χ1n) is 11.8. The van der Waals surface area contributed by atoms with Crippen LogP contribution in [0.2, 0.25) is 0 Å². The Morgan fingerprint density at radius 2 is 1.52 bits per heavy atom. The molecule has 0 radical (unpaired) electrons. The number of unbranched alkanes of at least 4 members (excludes halogenated alkanes) is 2. The summed E-state index contributed by atoms with van der Waals surface area (Å²) in [5.41, 5.74) is 5.21. The van der Waals surface area contributed by atoms with Crippen molar-refractivity contribution < 1.29 is 14.0 Å². The van der Waals surface area contributed by atoms with Gasteiger partial charge in [0.05, 0.1) is 5.57 Å². The molecule has 2 aliphatic rings. The lowest BCUT2D eigenvalue weighted by Crippen LogP contribution is -2.48. The minimum absolute atomic E-state index is 0.226. The van der Waals surface area contributed by atoms with Crippen LogP contribution in [-0.4, -0.2) is 54.3 Å². The molecular weight excluding hydrogens is 417 g/mol. The third-order valence-corrected chi connectivity index (χ3v) is 6.77. The maximum absolute atomic E-state index is 13.6. The normalized spacial score (nSPS) is 16.9. The van der Waals surface area contributed by atoms with Crippen LogP contribution in [0, 0.1) is 19.7 Å². The lowest BCUT2D eigenvalue weighted by molar-refractivity contribution is -0.137. The van der Waals surface area contributed by atoms with Gasteiger partial charge in [0.25, 0.3) is 11.8 Å². The predicted octanol–water partition coefficient (Wildman–Crippen LogP) is 4.53. The number of halogens is 1. The summed E-state index contributed by atoms with van der Waals surface area (Å²) in [6.45, 7) is 9.59. The molecule has 1 fully saturated rings. The molecule has 174 valence electrons. The lowest BCUT2D eigenvalue weighted by Gasteiger charge is -2.38. The van der Waals surface area contributed by atoms with Gasteiger partial charge < -0.3 is 9.80 Å². The summed E-state index contributed by atoms with van der Waals surface area (Å²) in [4.78, 5) is 32.5. The molecule has 0 N–H and O–H groups in total. The number of nitrogens with zero attached hydrogens (tertiary/aromatic N) is 3. The van der Waals surface area contributed by atoms with Crippen LogP contribution in [0.5, 0.6) is 0 Å². The second-order valence-corrected chi connectivity index (χ2v) is 8.89. The molecule has 0 bridgehead atoms. The van der Waals surface area contributed by atoms with Crippen molar-refractivity contribution >= 4 is 23.1 Å². The Labute approximate surface area is 195 Å². The first-order valence-corrected chi connectivity index (χ1v) is 11.8. The summed E-state index contributed by atoms with van der Waals surface area (Å²) in [6, 6.07) is 12.2. The van der Waals surface area contributed by atoms with Crippen LogP contribution in [-0.2, 0) is 9.59 Å². The Bertz CT molecular complexity index is 1070. The van der Waals surface area contributed by atoms with Gasteiger partial charge in [-0.3, -0.25) is 14.5 Å². The van der Waals surface area contributed by atoms with E-state index in [1.165, 1.54) is 33.8 Å². The Hall–Kier alpha value is -3.15. The molecule has 2 aromatic carbocycles. The quantitative estimate of drug-likeness (QED) is 0.460. The molecule has 0 saturated carbocycles. The highest BCUT2D eigenvalue weighted by atomic mass is 19.1. The maximum Gasteiger partial charge on any atom is 0.277 e. The van der Waals surface area contributed by atoms with Gasteiger partial charge in [0.1, 0.15) is 11.5 Å². The predicted molar refractivity (Wildman–Crippen MR) is 129 cm³/mol. The highest BCUT2D eigenvalue weighted by Crippen LogP contribution is 2.33. The molecule has 0 spiro atoms. The van der Waals surface area contributed by atoms with Crippen molar-refractivity contribution in [1.29, 1.82) is 0 Å². The topological polar surface area (TPSA) is 43.9 Å². The second kappa shape index (κ2) is 9.77. The number of hydrogen-bond donors (Lipinski definition) is 0. The van der Waals surface area contributed by atoms with E-state index in [9.17, 15) is 14.0 Å². The van der Waals surface area contributed by atoms with Crippen molar-refractivity contribution in [2.75, 3.05) is 37.6 Å². The maximum atomic E-state index is 13.6. The summed E-state index contributed by atoms with van der Waals surface area (Å²) in [5.74, 6) is -0.857. The molecule has 33 heavy (non-hydrogen) atoms. The van der Waals surface area contributed by atoms with E-state index in [-0.39, 0.29) is 17.6 Å². The average molecular weight is 450 g/mol. The number of imide groups is 1. The average Bonchev–Trinajstić information content (AvgIpc) is 3.06. The van der Waals surface area contributed by atoms with Gasteiger partial charge in [-0.2, -0.15) is 0 Å². The SMILES string of the molecule is CCCCCN1C(=O)C(c2ccc(F)cc2)=C(N2CCN(c3cccc(C)c3C)CC2)C1=O. The van der Waals surface area contributed by atoms with E-state index in [1.54, 1.807) is 12.1 Å². The van der Waals surface area contributed by atoms with Crippen molar-refractivity contribution in [2.24, 2.45) is 0 Å². The zero-order valence-electron chi connectivity index (χ0n) is 19.7. The number of carbonyl (C=O) groups excluding carboxylic acids is 2. The largest absolute Gasteiger partial charge is 0.368 e. The van der Waals surface area contributed by atoms with Crippen LogP contribution in [0.4, 0.5) is 10.1 Å². The van der Waals surface area contributed by atoms with Crippen molar-refractivity contribution in [3.8, 4) is 0 Å². The number of anilines is 1. The first kappa shape index (κ1) is 23.0. The van der Waals surface area contributed by atoms with Gasteiger partial charge in [-0.25, -0.2) is 4.39 Å². The minimum Gasteiger partial charge on any atom is -0.368 e. The molecule has 0 unspecified atom stereocenters. The standard InChI is InChI=1S/C27H32FN3O2/c1-4-5-6-14-31-26(32)24(21-10-12-22(28)13-11-21)25(27(31)33)30-17-15-29(16-18-30)23-9-7-8-19(2)20(23)3/h7-13H,4-6,14-18H2,1-3H3. The number of rotatable bonds is 7. The molecule has 0 atom stereocenters. The van der Waals surface area contributed by atoms with E-state index in [4.69, 9.17) is 0 Å². The lowest BCUT2D eigenvalue weighted by atomic mass is 10.0. The monoisotopic (exact) mass is 449 g/mol. The Morgan fingerprint density at radius 3 is 2.18 bits per heavy atom. The number of hydrogen-bond acceptors (Lipinski definition) is 4. The molecule has 6 heteroatoms. The van der Waals surface area contributed by atoms with Crippen LogP contribution in [0.1, 0.15) is 42.9 Å². The van der Waals surface area contributed by atoms with E-state index in [0.29, 0.717) is 36.5 Å². The van der Waals surface area contributed by atoms with Gasteiger partial charge in [-0.1, -0.05) is 44.0 Å². The van der Waals surface area contributed by atoms with Gasteiger partial charge in [-0.15, -0.1) is 0 Å². The van der Waals surface area contributed by atoms with Gasteiger partial charge in [0, 0.05) is 38.4 Å².